The van der Waals surface area contributed by atoms with E-state index in [4.69, 9.17) is 0 Å². The summed E-state index contributed by atoms with van der Waals surface area (Å²) in [5, 5.41) is 3.32. The van der Waals surface area contributed by atoms with Crippen LogP contribution in [0.2, 0.25) is 0 Å². The van der Waals surface area contributed by atoms with Crippen molar-refractivity contribution in [2.45, 2.75) is 18.9 Å². The van der Waals surface area contributed by atoms with Crippen LogP contribution >= 0.6 is 0 Å². The van der Waals surface area contributed by atoms with Gasteiger partial charge < -0.3 is 5.32 Å². The van der Waals surface area contributed by atoms with Gasteiger partial charge in [0.1, 0.15) is 0 Å². The Bertz CT molecular complexity index is 151. The smallest absolute Gasteiger partial charge is 0.0345 e. The van der Waals surface area contributed by atoms with E-state index in [-0.39, 0.29) is 0 Å². The Hall–Kier alpha value is -0.0800. The van der Waals surface area contributed by atoms with Crippen LogP contribution in [0.4, 0.5) is 0 Å². The standard InChI is InChI=1S/C8H14N2/c1-2-8(1)5-10(6-8)7-3-9-4-7/h7,9H,1-6H2. The van der Waals surface area contributed by atoms with Gasteiger partial charge in [0.2, 0.25) is 0 Å². The molecule has 0 atom stereocenters. The van der Waals surface area contributed by atoms with Crippen LogP contribution in [0, 0.1) is 5.41 Å². The van der Waals surface area contributed by atoms with Gasteiger partial charge in [-0.3, -0.25) is 4.90 Å². The first-order valence-corrected chi connectivity index (χ1v) is 4.33. The molecular weight excluding hydrogens is 124 g/mol. The van der Waals surface area contributed by atoms with E-state index in [9.17, 15) is 0 Å². The zero-order chi connectivity index (χ0) is 6.60. The Morgan fingerprint density at radius 3 is 2.30 bits per heavy atom. The number of nitrogens with one attached hydrogen (secondary N) is 1. The fraction of sp³-hybridized carbons (Fsp3) is 1.00. The first-order chi connectivity index (χ1) is 4.88. The van der Waals surface area contributed by atoms with E-state index < -0.39 is 0 Å². The van der Waals surface area contributed by atoms with Crippen LogP contribution in [0.1, 0.15) is 12.8 Å². The molecule has 0 unspecified atom stereocenters. The molecule has 0 amide bonds. The highest BCUT2D eigenvalue weighted by atomic mass is 15.3. The van der Waals surface area contributed by atoms with Crippen LogP contribution in [-0.2, 0) is 0 Å². The molecule has 56 valence electrons. The molecule has 3 fully saturated rings. The summed E-state index contributed by atoms with van der Waals surface area (Å²) in [6, 6.07) is 0.909. The minimum absolute atomic E-state index is 0.857. The lowest BCUT2D eigenvalue weighted by atomic mass is 9.93. The minimum Gasteiger partial charge on any atom is -0.314 e. The van der Waals surface area contributed by atoms with Gasteiger partial charge in [-0.1, -0.05) is 0 Å². The maximum Gasteiger partial charge on any atom is 0.0345 e. The first-order valence-electron chi connectivity index (χ1n) is 4.33. The molecule has 0 aromatic carbocycles. The molecule has 1 aliphatic carbocycles. The molecule has 0 bridgehead atoms. The van der Waals surface area contributed by atoms with Gasteiger partial charge in [-0.05, 0) is 18.3 Å². The van der Waals surface area contributed by atoms with Crippen molar-refractivity contribution < 1.29 is 0 Å². The van der Waals surface area contributed by atoms with E-state index in [0.717, 1.165) is 11.5 Å². The first kappa shape index (κ1) is 5.56. The van der Waals surface area contributed by atoms with Gasteiger partial charge in [0.05, 0.1) is 0 Å². The average molecular weight is 138 g/mol. The molecule has 1 N–H and O–H groups in total. The van der Waals surface area contributed by atoms with Gasteiger partial charge in [0.25, 0.3) is 0 Å². The number of hydrogen-bond acceptors (Lipinski definition) is 2. The summed E-state index contributed by atoms with van der Waals surface area (Å²) < 4.78 is 0. The third-order valence-corrected chi connectivity index (χ3v) is 3.31. The summed E-state index contributed by atoms with van der Waals surface area (Å²) in [5.41, 5.74) is 0.857. The van der Waals surface area contributed by atoms with Crippen LogP contribution in [0.5, 0.6) is 0 Å². The SMILES string of the molecule is C1NCC1N1CC2(CC2)C1. The number of hydrogen-bond donors (Lipinski definition) is 1. The summed E-state index contributed by atoms with van der Waals surface area (Å²) in [7, 11) is 0. The summed E-state index contributed by atoms with van der Waals surface area (Å²) in [6.45, 7) is 5.32. The largest absolute Gasteiger partial charge is 0.314 e. The van der Waals surface area contributed by atoms with Gasteiger partial charge in [0.15, 0.2) is 0 Å². The van der Waals surface area contributed by atoms with Gasteiger partial charge in [-0.15, -0.1) is 0 Å². The molecule has 3 aliphatic rings. The van der Waals surface area contributed by atoms with E-state index in [1.54, 1.807) is 0 Å². The van der Waals surface area contributed by atoms with Crippen molar-refractivity contribution in [3.05, 3.63) is 0 Å². The fourth-order valence-electron chi connectivity index (χ4n) is 2.10. The van der Waals surface area contributed by atoms with Crippen molar-refractivity contribution in [3.63, 3.8) is 0 Å². The Morgan fingerprint density at radius 2 is 1.90 bits per heavy atom. The molecule has 2 heterocycles. The monoisotopic (exact) mass is 138 g/mol. The van der Waals surface area contributed by atoms with Crippen molar-refractivity contribution in [1.82, 2.24) is 10.2 Å². The van der Waals surface area contributed by atoms with Crippen LogP contribution in [-0.4, -0.2) is 37.1 Å². The maximum atomic E-state index is 3.32. The summed E-state index contributed by atoms with van der Waals surface area (Å²) in [5.74, 6) is 0. The quantitative estimate of drug-likeness (QED) is 0.551. The van der Waals surface area contributed by atoms with Crippen LogP contribution in [0.25, 0.3) is 0 Å². The lowest BCUT2D eigenvalue weighted by Gasteiger charge is -2.48. The molecule has 2 heteroatoms. The average Bonchev–Trinajstić information content (AvgIpc) is 2.37. The molecule has 0 aromatic rings. The topological polar surface area (TPSA) is 15.3 Å². The van der Waals surface area contributed by atoms with Gasteiger partial charge >= 0.3 is 0 Å². The molecule has 0 aromatic heterocycles. The lowest BCUT2D eigenvalue weighted by Crippen LogP contribution is -2.64. The van der Waals surface area contributed by atoms with Crippen molar-refractivity contribution in [2.24, 2.45) is 5.41 Å². The van der Waals surface area contributed by atoms with E-state index in [2.05, 4.69) is 10.2 Å². The third-order valence-electron chi connectivity index (χ3n) is 3.31. The molecule has 2 saturated heterocycles. The van der Waals surface area contributed by atoms with Crippen LogP contribution in [0.3, 0.4) is 0 Å². The molecule has 1 spiro atoms. The summed E-state index contributed by atoms with van der Waals surface area (Å²) in [4.78, 5) is 2.64. The molecule has 0 radical (unpaired) electrons. The Labute approximate surface area is 61.6 Å². The van der Waals surface area contributed by atoms with E-state index in [0.29, 0.717) is 0 Å². The second-order valence-corrected chi connectivity index (χ2v) is 4.22. The molecular formula is C8H14N2. The molecule has 1 saturated carbocycles. The van der Waals surface area contributed by atoms with Crippen molar-refractivity contribution in [2.75, 3.05) is 26.2 Å². The van der Waals surface area contributed by atoms with Gasteiger partial charge in [-0.25, -0.2) is 0 Å². The molecule has 2 aliphatic heterocycles. The predicted octanol–water partition coefficient (Wildman–Crippen LogP) is 0.0540. The van der Waals surface area contributed by atoms with Crippen molar-refractivity contribution >= 4 is 0 Å². The second kappa shape index (κ2) is 1.56. The number of nitrogens with zero attached hydrogens (tertiary/aromatic N) is 1. The maximum absolute atomic E-state index is 3.32. The zero-order valence-corrected chi connectivity index (χ0v) is 6.27. The highest BCUT2D eigenvalue weighted by Gasteiger charge is 2.54. The van der Waals surface area contributed by atoms with Crippen LogP contribution < -0.4 is 5.32 Å². The highest BCUT2D eigenvalue weighted by molar-refractivity contribution is 5.08. The molecule has 10 heavy (non-hydrogen) atoms. The minimum atomic E-state index is 0.857. The fourth-order valence-corrected chi connectivity index (χ4v) is 2.10. The van der Waals surface area contributed by atoms with Gasteiger partial charge in [-0.2, -0.15) is 0 Å². The summed E-state index contributed by atoms with van der Waals surface area (Å²) >= 11 is 0. The summed E-state index contributed by atoms with van der Waals surface area (Å²) in [6.07, 6.45) is 3.04. The number of likely N-dealkylation sites (tertiary alicyclic amines) is 1. The van der Waals surface area contributed by atoms with E-state index >= 15 is 0 Å². The third kappa shape index (κ3) is 0.611. The second-order valence-electron chi connectivity index (χ2n) is 4.22. The normalized spacial score (nSPS) is 37.2. The Morgan fingerprint density at radius 1 is 1.20 bits per heavy atom. The van der Waals surface area contributed by atoms with E-state index in [1.807, 2.05) is 0 Å². The number of rotatable bonds is 1. The Kier molecular flexibility index (Phi) is 0.868. The van der Waals surface area contributed by atoms with Crippen molar-refractivity contribution in [3.8, 4) is 0 Å². The van der Waals surface area contributed by atoms with Crippen LogP contribution in [0.15, 0.2) is 0 Å². The van der Waals surface area contributed by atoms with Gasteiger partial charge in [0, 0.05) is 32.2 Å². The lowest BCUT2D eigenvalue weighted by molar-refractivity contribution is 0.0144. The Balaban J connectivity index is 1.57. The van der Waals surface area contributed by atoms with Crippen molar-refractivity contribution in [1.29, 1.82) is 0 Å². The molecule has 3 rings (SSSR count). The highest BCUT2D eigenvalue weighted by Crippen LogP contribution is 2.53. The molecule has 2 nitrogen and oxygen atoms in total. The zero-order valence-electron chi connectivity index (χ0n) is 6.27. The van der Waals surface area contributed by atoms with E-state index in [1.165, 1.54) is 39.0 Å². The predicted molar refractivity (Wildman–Crippen MR) is 39.9 cm³/mol.